The van der Waals surface area contributed by atoms with Crippen molar-refractivity contribution < 1.29 is 9.53 Å². The molecule has 1 rings (SSSR count). The lowest BCUT2D eigenvalue weighted by molar-refractivity contribution is -0.148. The fourth-order valence-corrected chi connectivity index (χ4v) is 1.73. The van der Waals surface area contributed by atoms with Crippen molar-refractivity contribution >= 4 is 5.97 Å². The molecule has 0 unspecified atom stereocenters. The third-order valence-electron chi connectivity index (χ3n) is 2.51. The van der Waals surface area contributed by atoms with E-state index < -0.39 is 0 Å². The van der Waals surface area contributed by atoms with Crippen LogP contribution in [0.15, 0.2) is 0 Å². The molecule has 11 heavy (non-hydrogen) atoms. The minimum atomic E-state index is -0.366. The number of esters is 1. The molecule has 0 aliphatic heterocycles. The molecular weight excluding hydrogens is 142 g/mol. The summed E-state index contributed by atoms with van der Waals surface area (Å²) in [6, 6.07) is 0. The van der Waals surface area contributed by atoms with Crippen LogP contribution in [-0.2, 0) is 9.53 Å². The molecule has 3 heteroatoms. The van der Waals surface area contributed by atoms with Crippen LogP contribution in [0.2, 0.25) is 0 Å². The lowest BCUT2D eigenvalue weighted by Crippen LogP contribution is -2.48. The number of carbonyl (C=O) groups excluding carboxylic acids is 1. The summed E-state index contributed by atoms with van der Waals surface area (Å²) in [7, 11) is 3.27. The van der Waals surface area contributed by atoms with Gasteiger partial charge in [0, 0.05) is 0 Å². The summed E-state index contributed by atoms with van der Waals surface area (Å²) in [4.78, 5) is 11.3. The minimum Gasteiger partial charge on any atom is -0.468 e. The van der Waals surface area contributed by atoms with E-state index in [-0.39, 0.29) is 11.5 Å². The molecule has 64 valence electrons. The zero-order chi connectivity index (χ0) is 8.32. The van der Waals surface area contributed by atoms with E-state index in [1.54, 1.807) is 0 Å². The highest BCUT2D eigenvalue weighted by Crippen LogP contribution is 2.30. The summed E-state index contributed by atoms with van der Waals surface area (Å²) in [5.41, 5.74) is -0.366. The zero-order valence-corrected chi connectivity index (χ0v) is 7.14. The van der Waals surface area contributed by atoms with Gasteiger partial charge in [-0.1, -0.05) is 12.8 Å². The van der Waals surface area contributed by atoms with Gasteiger partial charge in [0.05, 0.1) is 7.11 Å². The Kier molecular flexibility index (Phi) is 2.49. The van der Waals surface area contributed by atoms with Crippen molar-refractivity contribution in [3.05, 3.63) is 0 Å². The minimum absolute atomic E-state index is 0.113. The van der Waals surface area contributed by atoms with Crippen molar-refractivity contribution in [1.29, 1.82) is 0 Å². The normalized spacial score (nSPS) is 21.6. The second-order valence-electron chi connectivity index (χ2n) is 3.03. The molecule has 1 aliphatic carbocycles. The van der Waals surface area contributed by atoms with Gasteiger partial charge in [0.15, 0.2) is 0 Å². The number of hydrogen-bond donors (Lipinski definition) is 1. The number of likely N-dealkylation sites (N-methyl/N-ethyl adjacent to an activating group) is 1. The lowest BCUT2D eigenvalue weighted by atomic mass is 9.98. The van der Waals surface area contributed by atoms with Gasteiger partial charge in [0.1, 0.15) is 5.54 Å². The Hall–Kier alpha value is -0.570. The van der Waals surface area contributed by atoms with Crippen molar-refractivity contribution in [2.75, 3.05) is 14.2 Å². The molecule has 0 spiro atoms. The monoisotopic (exact) mass is 157 g/mol. The van der Waals surface area contributed by atoms with Crippen LogP contribution >= 0.6 is 0 Å². The number of hydrogen-bond acceptors (Lipinski definition) is 3. The van der Waals surface area contributed by atoms with E-state index >= 15 is 0 Å². The van der Waals surface area contributed by atoms with Crippen LogP contribution in [0.4, 0.5) is 0 Å². The van der Waals surface area contributed by atoms with Crippen LogP contribution in [0.1, 0.15) is 25.7 Å². The number of ether oxygens (including phenoxy) is 1. The Bertz CT molecular complexity index is 150. The van der Waals surface area contributed by atoms with Crippen molar-refractivity contribution in [1.82, 2.24) is 5.32 Å². The smallest absolute Gasteiger partial charge is 0.326 e. The molecule has 3 nitrogen and oxygen atoms in total. The second kappa shape index (κ2) is 3.22. The molecule has 1 aliphatic rings. The van der Waals surface area contributed by atoms with E-state index in [1.165, 1.54) is 7.11 Å². The van der Waals surface area contributed by atoms with Crippen molar-refractivity contribution in [2.45, 2.75) is 31.2 Å². The average Bonchev–Trinajstić information content (AvgIpc) is 2.52. The molecule has 0 aromatic heterocycles. The molecule has 0 amide bonds. The maximum absolute atomic E-state index is 11.3. The second-order valence-corrected chi connectivity index (χ2v) is 3.03. The van der Waals surface area contributed by atoms with Gasteiger partial charge in [-0.05, 0) is 19.9 Å². The molecule has 0 bridgehead atoms. The molecule has 0 atom stereocenters. The first-order valence-electron chi connectivity index (χ1n) is 4.02. The average molecular weight is 157 g/mol. The quantitative estimate of drug-likeness (QED) is 0.599. The van der Waals surface area contributed by atoms with Crippen LogP contribution in [0, 0.1) is 0 Å². The Morgan fingerprint density at radius 3 is 2.36 bits per heavy atom. The van der Waals surface area contributed by atoms with Gasteiger partial charge < -0.3 is 10.1 Å². The Morgan fingerprint density at radius 1 is 1.45 bits per heavy atom. The molecule has 0 aromatic rings. The van der Waals surface area contributed by atoms with E-state index in [2.05, 4.69) is 5.32 Å². The van der Waals surface area contributed by atoms with Gasteiger partial charge in [-0.15, -0.1) is 0 Å². The summed E-state index contributed by atoms with van der Waals surface area (Å²) in [6.07, 6.45) is 4.07. The Labute approximate surface area is 67.1 Å². The molecular formula is C8H15NO2. The topological polar surface area (TPSA) is 38.3 Å². The number of nitrogens with one attached hydrogen (secondary N) is 1. The summed E-state index contributed by atoms with van der Waals surface area (Å²) in [6.45, 7) is 0. The van der Waals surface area contributed by atoms with Crippen molar-refractivity contribution in [2.24, 2.45) is 0 Å². The summed E-state index contributed by atoms with van der Waals surface area (Å²) in [5, 5.41) is 3.05. The third kappa shape index (κ3) is 1.38. The van der Waals surface area contributed by atoms with Gasteiger partial charge in [-0.2, -0.15) is 0 Å². The van der Waals surface area contributed by atoms with E-state index in [4.69, 9.17) is 4.74 Å². The maximum Gasteiger partial charge on any atom is 0.326 e. The van der Waals surface area contributed by atoms with Crippen molar-refractivity contribution in [3.63, 3.8) is 0 Å². The Balaban J connectivity index is 2.66. The van der Waals surface area contributed by atoms with Crippen LogP contribution in [0.5, 0.6) is 0 Å². The number of rotatable bonds is 2. The lowest BCUT2D eigenvalue weighted by Gasteiger charge is -2.24. The number of carbonyl (C=O) groups is 1. The van der Waals surface area contributed by atoms with Gasteiger partial charge >= 0.3 is 5.97 Å². The first-order valence-corrected chi connectivity index (χ1v) is 4.02. The molecule has 0 aromatic carbocycles. The van der Waals surface area contributed by atoms with Crippen LogP contribution in [0.3, 0.4) is 0 Å². The van der Waals surface area contributed by atoms with Gasteiger partial charge in [-0.3, -0.25) is 4.79 Å². The number of methoxy groups -OCH3 is 1. The van der Waals surface area contributed by atoms with E-state index in [9.17, 15) is 4.79 Å². The largest absolute Gasteiger partial charge is 0.468 e. The van der Waals surface area contributed by atoms with E-state index in [0.717, 1.165) is 25.7 Å². The van der Waals surface area contributed by atoms with E-state index in [1.807, 2.05) is 7.05 Å². The summed E-state index contributed by atoms with van der Waals surface area (Å²) < 4.78 is 4.73. The first kappa shape index (κ1) is 8.53. The predicted molar refractivity (Wildman–Crippen MR) is 42.3 cm³/mol. The van der Waals surface area contributed by atoms with Gasteiger partial charge in [0.25, 0.3) is 0 Å². The summed E-state index contributed by atoms with van der Waals surface area (Å²) in [5.74, 6) is -0.113. The van der Waals surface area contributed by atoms with Crippen LogP contribution in [0.25, 0.3) is 0 Å². The van der Waals surface area contributed by atoms with Gasteiger partial charge in [0.2, 0.25) is 0 Å². The molecule has 1 N–H and O–H groups in total. The van der Waals surface area contributed by atoms with Crippen molar-refractivity contribution in [3.8, 4) is 0 Å². The highest BCUT2D eigenvalue weighted by Gasteiger charge is 2.40. The highest BCUT2D eigenvalue weighted by atomic mass is 16.5. The van der Waals surface area contributed by atoms with Crippen LogP contribution in [-0.4, -0.2) is 25.7 Å². The first-order chi connectivity index (χ1) is 5.25. The predicted octanol–water partition coefficient (Wildman–Crippen LogP) is 0.692. The summed E-state index contributed by atoms with van der Waals surface area (Å²) >= 11 is 0. The van der Waals surface area contributed by atoms with Crippen LogP contribution < -0.4 is 5.32 Å². The molecule has 0 radical (unpaired) electrons. The molecule has 0 heterocycles. The zero-order valence-electron chi connectivity index (χ0n) is 7.14. The SMILES string of the molecule is CNC1(C(=O)OC)CCCC1. The molecule has 0 saturated heterocycles. The fraction of sp³-hybridized carbons (Fsp3) is 0.875. The molecule has 1 saturated carbocycles. The maximum atomic E-state index is 11.3. The third-order valence-corrected chi connectivity index (χ3v) is 2.51. The van der Waals surface area contributed by atoms with E-state index in [0.29, 0.717) is 0 Å². The standard InChI is InChI=1S/C8H15NO2/c1-9-8(7(10)11-2)5-3-4-6-8/h9H,3-6H2,1-2H3. The highest BCUT2D eigenvalue weighted by molar-refractivity contribution is 5.81. The fourth-order valence-electron chi connectivity index (χ4n) is 1.73. The Morgan fingerprint density at radius 2 is 2.00 bits per heavy atom. The van der Waals surface area contributed by atoms with Gasteiger partial charge in [-0.25, -0.2) is 0 Å². The molecule has 1 fully saturated rings.